The molecule has 8 nitrogen and oxygen atoms in total. The van der Waals surface area contributed by atoms with Crippen LogP contribution in [0.1, 0.15) is 34.9 Å². The molecule has 3 rings (SSSR count). The van der Waals surface area contributed by atoms with Crippen LogP contribution in [-0.4, -0.2) is 39.8 Å². The number of imidazole rings is 1. The molecule has 3 aromatic rings. The highest BCUT2D eigenvalue weighted by atomic mass is 16.5. The fourth-order valence-electron chi connectivity index (χ4n) is 3.50. The number of H-pyrrole nitrogens is 1. The molecule has 0 saturated carbocycles. The van der Waals surface area contributed by atoms with Crippen molar-refractivity contribution in [1.29, 1.82) is 0 Å². The molecule has 2 aromatic heterocycles. The van der Waals surface area contributed by atoms with Gasteiger partial charge in [0.25, 0.3) is 5.56 Å². The van der Waals surface area contributed by atoms with Crippen LogP contribution >= 0.6 is 0 Å². The number of carbonyl (C=O) groups is 1. The molecule has 0 aliphatic heterocycles. The van der Waals surface area contributed by atoms with Crippen molar-refractivity contribution < 1.29 is 19.4 Å². The number of aromatic amines is 1. The van der Waals surface area contributed by atoms with E-state index in [1.807, 2.05) is 0 Å². The fourth-order valence-corrected chi connectivity index (χ4v) is 3.50. The second kappa shape index (κ2) is 9.30. The Hall–Kier alpha value is -3.55. The van der Waals surface area contributed by atoms with Gasteiger partial charge in [-0.15, -0.1) is 0 Å². The van der Waals surface area contributed by atoms with E-state index in [4.69, 9.17) is 9.47 Å². The molecular weight excluding hydrogens is 386 g/mol. The monoisotopic (exact) mass is 411 g/mol. The van der Waals surface area contributed by atoms with E-state index in [0.29, 0.717) is 30.0 Å². The quantitative estimate of drug-likeness (QED) is 0.552. The van der Waals surface area contributed by atoms with Gasteiger partial charge in [0.2, 0.25) is 0 Å². The van der Waals surface area contributed by atoms with Crippen LogP contribution < -0.4 is 10.3 Å². The topological polar surface area (TPSA) is 106 Å². The van der Waals surface area contributed by atoms with Gasteiger partial charge in [-0.25, -0.2) is 4.98 Å². The molecule has 0 aliphatic rings. The van der Waals surface area contributed by atoms with Crippen LogP contribution in [-0.2, 0) is 22.5 Å². The second-order valence-electron chi connectivity index (χ2n) is 6.97. The Kier molecular flexibility index (Phi) is 6.56. The molecule has 0 spiro atoms. The van der Waals surface area contributed by atoms with Crippen molar-refractivity contribution in [2.45, 2.75) is 32.2 Å². The van der Waals surface area contributed by atoms with E-state index in [2.05, 4.69) is 9.97 Å². The van der Waals surface area contributed by atoms with Crippen LogP contribution in [0.2, 0.25) is 0 Å². The van der Waals surface area contributed by atoms with Crippen molar-refractivity contribution in [2.24, 2.45) is 0 Å². The lowest BCUT2D eigenvalue weighted by Gasteiger charge is -2.20. The van der Waals surface area contributed by atoms with Crippen LogP contribution in [0.4, 0.5) is 0 Å². The summed E-state index contributed by atoms with van der Waals surface area (Å²) in [5, 5.41) is 10.7. The number of hydrogen-bond donors (Lipinski definition) is 2. The van der Waals surface area contributed by atoms with Crippen molar-refractivity contribution in [3.05, 3.63) is 75.7 Å². The fraction of sp³-hybridized carbons (Fsp3) is 0.318. The van der Waals surface area contributed by atoms with Crippen LogP contribution in [0, 0.1) is 6.92 Å². The van der Waals surface area contributed by atoms with Crippen LogP contribution in [0.3, 0.4) is 0 Å². The first-order valence-electron chi connectivity index (χ1n) is 9.56. The smallest absolute Gasteiger partial charge is 0.306 e. The summed E-state index contributed by atoms with van der Waals surface area (Å²) in [5.41, 5.74) is 2.07. The Morgan fingerprint density at radius 2 is 2.00 bits per heavy atom. The summed E-state index contributed by atoms with van der Waals surface area (Å²) in [4.78, 5) is 32.5. The molecule has 2 N–H and O–H groups in total. The van der Waals surface area contributed by atoms with Crippen molar-refractivity contribution in [2.75, 3.05) is 14.2 Å². The maximum atomic E-state index is 13.4. The average molecular weight is 411 g/mol. The van der Waals surface area contributed by atoms with Crippen molar-refractivity contribution in [1.82, 2.24) is 14.5 Å². The zero-order chi connectivity index (χ0) is 21.7. The number of methoxy groups -OCH3 is 2. The maximum Gasteiger partial charge on any atom is 0.306 e. The molecule has 2 heterocycles. The van der Waals surface area contributed by atoms with Crippen LogP contribution in [0.15, 0.2) is 47.7 Å². The Morgan fingerprint density at radius 3 is 2.60 bits per heavy atom. The average Bonchev–Trinajstić information content (AvgIpc) is 3.26. The molecule has 0 unspecified atom stereocenters. The van der Waals surface area contributed by atoms with Gasteiger partial charge in [0.05, 0.1) is 32.5 Å². The highest BCUT2D eigenvalue weighted by Crippen LogP contribution is 2.33. The molecule has 1 aromatic carbocycles. The predicted octanol–water partition coefficient (Wildman–Crippen LogP) is 2.53. The first-order chi connectivity index (χ1) is 14.4. The van der Waals surface area contributed by atoms with E-state index in [1.54, 1.807) is 61.5 Å². The van der Waals surface area contributed by atoms with Gasteiger partial charge in [-0.1, -0.05) is 12.1 Å². The van der Waals surface area contributed by atoms with Crippen molar-refractivity contribution >= 4 is 5.97 Å². The van der Waals surface area contributed by atoms with Crippen molar-refractivity contribution in [3.63, 3.8) is 0 Å². The maximum absolute atomic E-state index is 13.4. The minimum atomic E-state index is -0.658. The molecule has 30 heavy (non-hydrogen) atoms. The molecule has 8 heteroatoms. The summed E-state index contributed by atoms with van der Waals surface area (Å²) < 4.78 is 11.6. The van der Waals surface area contributed by atoms with E-state index < -0.39 is 11.9 Å². The number of esters is 1. The Morgan fingerprint density at radius 1 is 1.27 bits per heavy atom. The molecule has 0 saturated heterocycles. The number of aryl methyl sites for hydroxylation is 2. The van der Waals surface area contributed by atoms with Gasteiger partial charge < -0.3 is 24.1 Å². The first kappa shape index (κ1) is 21.2. The number of hydrogen-bond acceptors (Lipinski definition) is 6. The predicted molar refractivity (Wildman–Crippen MR) is 111 cm³/mol. The minimum Gasteiger partial charge on any atom is -0.507 e. The Balaban J connectivity index is 2.05. The third-order valence-corrected chi connectivity index (χ3v) is 5.15. The molecule has 0 aliphatic carbocycles. The largest absolute Gasteiger partial charge is 0.507 e. The van der Waals surface area contributed by atoms with E-state index in [1.165, 1.54) is 7.11 Å². The summed E-state index contributed by atoms with van der Waals surface area (Å²) in [6.45, 7) is 2.17. The minimum absolute atomic E-state index is 0.0742. The van der Waals surface area contributed by atoms with Gasteiger partial charge in [-0.3, -0.25) is 9.59 Å². The molecule has 158 valence electrons. The van der Waals surface area contributed by atoms with Crippen LogP contribution in [0.25, 0.3) is 0 Å². The number of ether oxygens (including phenoxy) is 2. The lowest BCUT2D eigenvalue weighted by Crippen LogP contribution is -2.29. The number of aromatic hydroxyl groups is 1. The van der Waals surface area contributed by atoms with E-state index in [-0.39, 0.29) is 23.3 Å². The number of rotatable bonds is 8. The van der Waals surface area contributed by atoms with Gasteiger partial charge in [-0.05, 0) is 30.7 Å². The summed E-state index contributed by atoms with van der Waals surface area (Å²) >= 11 is 0. The summed E-state index contributed by atoms with van der Waals surface area (Å²) in [6, 6.07) is 8.61. The summed E-state index contributed by atoms with van der Waals surface area (Å²) in [6.07, 6.45) is 3.80. The Labute approximate surface area is 174 Å². The van der Waals surface area contributed by atoms with E-state index in [9.17, 15) is 14.7 Å². The summed E-state index contributed by atoms with van der Waals surface area (Å²) in [7, 11) is 2.86. The standard InChI is InChI=1S/C22H25N3O5/c1-14-10-19(26)21(22(28)25(14)9-8-16-12-23-13-24-16)18(11-20(27)30-3)15-4-6-17(29-2)7-5-15/h4-7,10,12-13,18,26H,8-9,11H2,1-3H3,(H,23,24)/t18-/m1/s1. The number of nitrogens with zero attached hydrogens (tertiary/aromatic N) is 2. The van der Waals surface area contributed by atoms with Gasteiger partial charge in [0, 0.05) is 36.5 Å². The highest BCUT2D eigenvalue weighted by Gasteiger charge is 2.26. The third-order valence-electron chi connectivity index (χ3n) is 5.15. The van der Waals surface area contributed by atoms with Gasteiger partial charge in [-0.2, -0.15) is 0 Å². The van der Waals surface area contributed by atoms with Crippen molar-refractivity contribution in [3.8, 4) is 11.5 Å². The summed E-state index contributed by atoms with van der Waals surface area (Å²) in [5.74, 6) is -0.616. The Bertz CT molecular complexity index is 1060. The second-order valence-corrected chi connectivity index (χ2v) is 6.97. The molecule has 0 amide bonds. The van der Waals surface area contributed by atoms with E-state index >= 15 is 0 Å². The van der Waals surface area contributed by atoms with Gasteiger partial charge >= 0.3 is 5.97 Å². The SMILES string of the molecule is COC(=O)C[C@H](c1ccc(OC)cc1)c1c(O)cc(C)n(CCc2cnc[nH]2)c1=O. The number of aromatic nitrogens is 3. The molecule has 1 atom stereocenters. The molecule has 0 radical (unpaired) electrons. The van der Waals surface area contributed by atoms with Gasteiger partial charge in [0.1, 0.15) is 11.5 Å². The van der Waals surface area contributed by atoms with Crippen LogP contribution in [0.5, 0.6) is 11.5 Å². The number of pyridine rings is 1. The first-order valence-corrected chi connectivity index (χ1v) is 9.56. The molecule has 0 bridgehead atoms. The zero-order valence-corrected chi connectivity index (χ0v) is 17.2. The molecular formula is C22H25N3O5. The van der Waals surface area contributed by atoms with Gasteiger partial charge in [0.15, 0.2) is 0 Å². The lowest BCUT2D eigenvalue weighted by molar-refractivity contribution is -0.140. The number of carbonyl (C=O) groups excluding carboxylic acids is 1. The normalized spacial score (nSPS) is 11.8. The third kappa shape index (κ3) is 4.53. The lowest BCUT2D eigenvalue weighted by atomic mass is 9.88. The number of benzene rings is 1. The number of nitrogens with one attached hydrogen (secondary N) is 1. The van der Waals surface area contributed by atoms with E-state index in [0.717, 1.165) is 5.69 Å². The zero-order valence-electron chi connectivity index (χ0n) is 17.2. The highest BCUT2D eigenvalue weighted by molar-refractivity contribution is 5.71. The molecule has 0 fully saturated rings.